The number of benzene rings is 2. The SMILES string of the molecule is CCCCCOCC1c2ccccc2-c2cccc(C(=O)CC)c21. The molecule has 1 atom stereocenters. The molecular formula is C22H26O2. The summed E-state index contributed by atoms with van der Waals surface area (Å²) in [6, 6.07) is 14.6. The molecule has 0 fully saturated rings. The summed E-state index contributed by atoms with van der Waals surface area (Å²) in [7, 11) is 0. The molecule has 0 saturated heterocycles. The molecule has 2 heteroatoms. The van der Waals surface area contributed by atoms with Crippen LogP contribution in [0.4, 0.5) is 0 Å². The highest BCUT2D eigenvalue weighted by atomic mass is 16.5. The Kier molecular flexibility index (Phi) is 5.47. The molecule has 0 N–H and O–H groups in total. The predicted octanol–water partition coefficient (Wildman–Crippen LogP) is 5.60. The van der Waals surface area contributed by atoms with Gasteiger partial charge in [-0.05, 0) is 28.7 Å². The highest BCUT2D eigenvalue weighted by molar-refractivity contribution is 6.00. The summed E-state index contributed by atoms with van der Waals surface area (Å²) in [6.07, 6.45) is 4.05. The van der Waals surface area contributed by atoms with Crippen molar-refractivity contribution >= 4 is 5.78 Å². The van der Waals surface area contributed by atoms with E-state index in [4.69, 9.17) is 4.74 Å². The molecule has 0 aliphatic heterocycles. The van der Waals surface area contributed by atoms with E-state index >= 15 is 0 Å². The Morgan fingerprint density at radius 3 is 2.58 bits per heavy atom. The molecule has 2 aromatic rings. The smallest absolute Gasteiger partial charge is 0.162 e. The lowest BCUT2D eigenvalue weighted by Crippen LogP contribution is -2.12. The highest BCUT2D eigenvalue weighted by Crippen LogP contribution is 2.46. The van der Waals surface area contributed by atoms with Gasteiger partial charge in [0.25, 0.3) is 0 Å². The van der Waals surface area contributed by atoms with E-state index in [9.17, 15) is 4.79 Å². The molecule has 2 nitrogen and oxygen atoms in total. The molecule has 126 valence electrons. The predicted molar refractivity (Wildman–Crippen MR) is 98.7 cm³/mol. The van der Waals surface area contributed by atoms with Crippen LogP contribution in [0.5, 0.6) is 0 Å². The molecule has 24 heavy (non-hydrogen) atoms. The van der Waals surface area contributed by atoms with Crippen LogP contribution in [0.25, 0.3) is 11.1 Å². The first-order chi connectivity index (χ1) is 11.8. The van der Waals surface area contributed by atoms with Crippen LogP contribution in [0.15, 0.2) is 42.5 Å². The Morgan fingerprint density at radius 1 is 1.00 bits per heavy atom. The van der Waals surface area contributed by atoms with Crippen molar-refractivity contribution in [3.63, 3.8) is 0 Å². The standard InChI is InChI=1S/C22H26O2/c1-3-5-8-14-24-15-20-17-11-7-6-10-16(17)18-12-9-13-19(22(18)20)21(23)4-2/h6-7,9-13,20H,3-5,8,14-15H2,1-2H3. The lowest BCUT2D eigenvalue weighted by molar-refractivity contribution is 0.0984. The Balaban J connectivity index is 1.93. The minimum Gasteiger partial charge on any atom is -0.380 e. The fourth-order valence-electron chi connectivity index (χ4n) is 3.64. The summed E-state index contributed by atoms with van der Waals surface area (Å²) >= 11 is 0. The van der Waals surface area contributed by atoms with E-state index in [0.717, 1.165) is 18.6 Å². The second-order valence-electron chi connectivity index (χ2n) is 6.47. The minimum atomic E-state index is 0.171. The highest BCUT2D eigenvalue weighted by Gasteiger charge is 2.31. The first-order valence-corrected chi connectivity index (χ1v) is 9.11. The van der Waals surface area contributed by atoms with Gasteiger partial charge in [-0.1, -0.05) is 69.2 Å². The number of carbonyl (C=O) groups is 1. The number of hydrogen-bond acceptors (Lipinski definition) is 2. The first kappa shape index (κ1) is 16.9. The summed E-state index contributed by atoms with van der Waals surface area (Å²) in [5.41, 5.74) is 5.78. The van der Waals surface area contributed by atoms with E-state index < -0.39 is 0 Å². The molecule has 1 aliphatic rings. The van der Waals surface area contributed by atoms with Gasteiger partial charge in [-0.3, -0.25) is 4.79 Å². The van der Waals surface area contributed by atoms with Crippen LogP contribution in [0, 0.1) is 0 Å². The summed E-state index contributed by atoms with van der Waals surface area (Å²) in [5.74, 6) is 0.389. The average molecular weight is 322 g/mol. The van der Waals surface area contributed by atoms with Gasteiger partial charge in [-0.25, -0.2) is 0 Å². The zero-order valence-corrected chi connectivity index (χ0v) is 14.7. The van der Waals surface area contributed by atoms with Crippen molar-refractivity contribution in [2.45, 2.75) is 45.4 Å². The molecule has 0 saturated carbocycles. The summed E-state index contributed by atoms with van der Waals surface area (Å²) in [6.45, 7) is 5.58. The maximum absolute atomic E-state index is 12.4. The maximum atomic E-state index is 12.4. The summed E-state index contributed by atoms with van der Waals surface area (Å²) in [4.78, 5) is 12.4. The van der Waals surface area contributed by atoms with Gasteiger partial charge in [0.2, 0.25) is 0 Å². The zero-order valence-electron chi connectivity index (χ0n) is 14.7. The van der Waals surface area contributed by atoms with Gasteiger partial charge in [0, 0.05) is 24.5 Å². The third-order valence-corrected chi connectivity index (χ3v) is 4.88. The zero-order chi connectivity index (χ0) is 16.9. The van der Waals surface area contributed by atoms with Crippen molar-refractivity contribution < 1.29 is 9.53 Å². The average Bonchev–Trinajstić information content (AvgIpc) is 2.95. The molecule has 1 aliphatic carbocycles. The fraction of sp³-hybridized carbons (Fsp3) is 0.409. The fourth-order valence-corrected chi connectivity index (χ4v) is 3.64. The number of unbranched alkanes of at least 4 members (excludes halogenated alkanes) is 2. The molecular weight excluding hydrogens is 296 g/mol. The van der Waals surface area contributed by atoms with Gasteiger partial charge in [0.05, 0.1) is 6.61 Å². The lowest BCUT2D eigenvalue weighted by atomic mass is 9.91. The van der Waals surface area contributed by atoms with Gasteiger partial charge in [0.1, 0.15) is 0 Å². The third-order valence-electron chi connectivity index (χ3n) is 4.88. The van der Waals surface area contributed by atoms with E-state index in [-0.39, 0.29) is 11.7 Å². The molecule has 0 heterocycles. The number of ketones is 1. The van der Waals surface area contributed by atoms with Crippen LogP contribution in [0.3, 0.4) is 0 Å². The van der Waals surface area contributed by atoms with Crippen LogP contribution in [-0.4, -0.2) is 19.0 Å². The first-order valence-electron chi connectivity index (χ1n) is 9.11. The maximum Gasteiger partial charge on any atom is 0.162 e. The molecule has 0 radical (unpaired) electrons. The molecule has 2 aromatic carbocycles. The Hall–Kier alpha value is -1.93. The molecule has 1 unspecified atom stereocenters. The monoisotopic (exact) mass is 322 g/mol. The molecule has 3 rings (SSSR count). The van der Waals surface area contributed by atoms with Crippen molar-refractivity contribution in [1.82, 2.24) is 0 Å². The van der Waals surface area contributed by atoms with E-state index in [2.05, 4.69) is 37.3 Å². The van der Waals surface area contributed by atoms with Gasteiger partial charge < -0.3 is 4.74 Å². The normalized spacial score (nSPS) is 15.2. The topological polar surface area (TPSA) is 26.3 Å². The van der Waals surface area contributed by atoms with Crippen molar-refractivity contribution in [2.75, 3.05) is 13.2 Å². The summed E-state index contributed by atoms with van der Waals surface area (Å²) < 4.78 is 5.99. The van der Waals surface area contributed by atoms with Crippen molar-refractivity contribution in [3.8, 4) is 11.1 Å². The van der Waals surface area contributed by atoms with E-state index in [1.807, 2.05) is 19.1 Å². The second-order valence-corrected chi connectivity index (χ2v) is 6.47. The number of Topliss-reactive ketones (excluding diaryl/α,β-unsaturated/α-hetero) is 1. The molecule has 0 aromatic heterocycles. The van der Waals surface area contributed by atoms with Gasteiger partial charge in [0.15, 0.2) is 5.78 Å². The van der Waals surface area contributed by atoms with Crippen LogP contribution in [-0.2, 0) is 4.74 Å². The Morgan fingerprint density at radius 2 is 1.79 bits per heavy atom. The van der Waals surface area contributed by atoms with E-state index in [1.54, 1.807) is 0 Å². The van der Waals surface area contributed by atoms with Gasteiger partial charge in [-0.2, -0.15) is 0 Å². The molecule has 0 spiro atoms. The minimum absolute atomic E-state index is 0.171. The quantitative estimate of drug-likeness (QED) is 0.467. The Labute approximate surface area is 144 Å². The lowest BCUT2D eigenvalue weighted by Gasteiger charge is -2.17. The van der Waals surface area contributed by atoms with Crippen molar-refractivity contribution in [1.29, 1.82) is 0 Å². The largest absolute Gasteiger partial charge is 0.380 e. The van der Waals surface area contributed by atoms with E-state index in [0.29, 0.717) is 13.0 Å². The third kappa shape index (κ3) is 3.16. The van der Waals surface area contributed by atoms with Crippen LogP contribution in [0.2, 0.25) is 0 Å². The van der Waals surface area contributed by atoms with Crippen LogP contribution < -0.4 is 0 Å². The number of fused-ring (bicyclic) bond motifs is 3. The van der Waals surface area contributed by atoms with Gasteiger partial charge in [-0.15, -0.1) is 0 Å². The number of ether oxygens (including phenoxy) is 1. The summed E-state index contributed by atoms with van der Waals surface area (Å²) in [5, 5.41) is 0. The van der Waals surface area contributed by atoms with Crippen LogP contribution in [0.1, 0.15) is 66.9 Å². The second kappa shape index (κ2) is 7.76. The Bertz CT molecular complexity index is 718. The van der Waals surface area contributed by atoms with Crippen LogP contribution >= 0.6 is 0 Å². The molecule has 0 amide bonds. The van der Waals surface area contributed by atoms with Crippen molar-refractivity contribution in [2.24, 2.45) is 0 Å². The molecule has 0 bridgehead atoms. The van der Waals surface area contributed by atoms with Gasteiger partial charge >= 0.3 is 0 Å². The number of rotatable bonds is 8. The van der Waals surface area contributed by atoms with Crippen molar-refractivity contribution in [3.05, 3.63) is 59.2 Å². The number of hydrogen-bond donors (Lipinski definition) is 0. The number of carbonyl (C=O) groups excluding carboxylic acids is 1. The van der Waals surface area contributed by atoms with E-state index in [1.165, 1.54) is 35.1 Å².